The van der Waals surface area contributed by atoms with Gasteiger partial charge in [0.25, 0.3) is 5.91 Å². The number of rotatable bonds is 2. The van der Waals surface area contributed by atoms with Crippen molar-refractivity contribution in [2.24, 2.45) is 0 Å². The van der Waals surface area contributed by atoms with Crippen molar-refractivity contribution in [2.45, 2.75) is 17.1 Å². The number of carbonyl (C=O) groups is 2. The van der Waals surface area contributed by atoms with Crippen molar-refractivity contribution in [3.8, 4) is 0 Å². The van der Waals surface area contributed by atoms with Crippen molar-refractivity contribution in [2.75, 3.05) is 10.6 Å². The zero-order chi connectivity index (χ0) is 15.7. The van der Waals surface area contributed by atoms with Crippen LogP contribution in [0.3, 0.4) is 0 Å². The average Bonchev–Trinajstić information content (AvgIpc) is 2.50. The number of nitrogens with one attached hydrogen (secondary N) is 2. The summed E-state index contributed by atoms with van der Waals surface area (Å²) in [6.07, 6.45) is 0. The van der Waals surface area contributed by atoms with E-state index in [-0.39, 0.29) is 17.1 Å². The lowest BCUT2D eigenvalue weighted by Gasteiger charge is -2.21. The molecule has 0 bridgehead atoms. The van der Waals surface area contributed by atoms with Gasteiger partial charge >= 0.3 is 0 Å². The highest BCUT2D eigenvalue weighted by Crippen LogP contribution is 2.36. The summed E-state index contributed by atoms with van der Waals surface area (Å²) in [5, 5.41) is 5.93. The van der Waals surface area contributed by atoms with E-state index < -0.39 is 0 Å². The highest BCUT2D eigenvalue weighted by atomic mass is 35.5. The van der Waals surface area contributed by atoms with Crippen LogP contribution in [0.2, 0.25) is 5.02 Å². The highest BCUT2D eigenvalue weighted by molar-refractivity contribution is 8.00. The van der Waals surface area contributed by atoms with Crippen molar-refractivity contribution in [3.63, 3.8) is 0 Å². The zero-order valence-corrected chi connectivity index (χ0v) is 13.3. The monoisotopic (exact) mass is 332 g/mol. The third-order valence-corrected chi connectivity index (χ3v) is 4.80. The van der Waals surface area contributed by atoms with Crippen LogP contribution in [-0.2, 0) is 4.79 Å². The Hall–Kier alpha value is -1.98. The van der Waals surface area contributed by atoms with Crippen LogP contribution in [0.4, 0.5) is 11.4 Å². The molecule has 1 aliphatic heterocycles. The van der Waals surface area contributed by atoms with Crippen LogP contribution in [0.5, 0.6) is 0 Å². The predicted molar refractivity (Wildman–Crippen MR) is 89.8 cm³/mol. The fourth-order valence-electron chi connectivity index (χ4n) is 2.11. The van der Waals surface area contributed by atoms with Crippen molar-refractivity contribution >= 4 is 46.6 Å². The molecule has 2 amide bonds. The maximum Gasteiger partial charge on any atom is 0.255 e. The van der Waals surface area contributed by atoms with Crippen LogP contribution in [0.25, 0.3) is 0 Å². The largest absolute Gasteiger partial charge is 0.324 e. The van der Waals surface area contributed by atoms with Crippen LogP contribution in [0.15, 0.2) is 47.4 Å². The first-order chi connectivity index (χ1) is 10.5. The fraction of sp³-hybridized carbons (Fsp3) is 0.125. The van der Waals surface area contributed by atoms with E-state index in [1.54, 1.807) is 36.4 Å². The highest BCUT2D eigenvalue weighted by Gasteiger charge is 2.23. The third kappa shape index (κ3) is 2.96. The van der Waals surface area contributed by atoms with Crippen LogP contribution in [-0.4, -0.2) is 17.1 Å². The van der Waals surface area contributed by atoms with E-state index in [4.69, 9.17) is 11.6 Å². The van der Waals surface area contributed by atoms with Gasteiger partial charge in [0.05, 0.1) is 21.6 Å². The van der Waals surface area contributed by atoms with Gasteiger partial charge < -0.3 is 10.6 Å². The van der Waals surface area contributed by atoms with Gasteiger partial charge in [-0.1, -0.05) is 23.7 Å². The average molecular weight is 333 g/mol. The van der Waals surface area contributed by atoms with Crippen LogP contribution in [0.1, 0.15) is 17.3 Å². The maximum absolute atomic E-state index is 12.3. The Morgan fingerprint density at radius 3 is 2.82 bits per heavy atom. The van der Waals surface area contributed by atoms with Crippen LogP contribution < -0.4 is 10.6 Å². The molecule has 0 spiro atoms. The zero-order valence-electron chi connectivity index (χ0n) is 11.7. The number of para-hydroxylation sites is 1. The number of fused-ring (bicyclic) bond motifs is 1. The van der Waals surface area contributed by atoms with E-state index in [2.05, 4.69) is 10.6 Å². The molecule has 0 saturated heterocycles. The Morgan fingerprint density at radius 2 is 2.05 bits per heavy atom. The molecule has 0 radical (unpaired) electrons. The Labute approximate surface area is 137 Å². The van der Waals surface area contributed by atoms with Crippen LogP contribution in [0, 0.1) is 0 Å². The molecule has 0 aliphatic carbocycles. The molecule has 2 N–H and O–H groups in total. The number of hydrogen-bond acceptors (Lipinski definition) is 3. The minimum absolute atomic E-state index is 0.0545. The lowest BCUT2D eigenvalue weighted by molar-refractivity contribution is -0.115. The predicted octanol–water partition coefficient (Wildman–Crippen LogP) is 4.03. The molecule has 1 atom stereocenters. The molecule has 1 unspecified atom stereocenters. The van der Waals surface area contributed by atoms with E-state index in [0.29, 0.717) is 22.0 Å². The number of anilines is 2. The number of thioether (sulfide) groups is 1. The molecular weight excluding hydrogens is 320 g/mol. The number of halogens is 1. The summed E-state index contributed by atoms with van der Waals surface area (Å²) in [7, 11) is 0. The summed E-state index contributed by atoms with van der Waals surface area (Å²) in [4.78, 5) is 25.0. The summed E-state index contributed by atoms with van der Waals surface area (Å²) >= 11 is 7.51. The van der Waals surface area contributed by atoms with Gasteiger partial charge in [-0.15, -0.1) is 11.8 Å². The Balaban J connectivity index is 1.84. The smallest absolute Gasteiger partial charge is 0.255 e. The van der Waals surface area contributed by atoms with Gasteiger partial charge in [-0.2, -0.15) is 0 Å². The Morgan fingerprint density at radius 1 is 1.27 bits per heavy atom. The minimum Gasteiger partial charge on any atom is -0.324 e. The molecule has 2 aromatic carbocycles. The van der Waals surface area contributed by atoms with Gasteiger partial charge in [0.1, 0.15) is 0 Å². The summed E-state index contributed by atoms with van der Waals surface area (Å²) in [6.45, 7) is 1.85. The minimum atomic E-state index is -0.270. The summed E-state index contributed by atoms with van der Waals surface area (Å²) in [6, 6.07) is 12.3. The molecule has 3 rings (SSSR count). The molecule has 2 aromatic rings. The summed E-state index contributed by atoms with van der Waals surface area (Å²) in [5.41, 5.74) is 1.69. The SMILES string of the molecule is CC1Sc2ccc(C(=O)Nc3ccccc3Cl)cc2NC1=O. The topological polar surface area (TPSA) is 58.2 Å². The molecule has 0 fully saturated rings. The lowest BCUT2D eigenvalue weighted by atomic mass is 10.1. The number of amides is 2. The molecule has 0 aromatic heterocycles. The van der Waals surface area contributed by atoms with Gasteiger partial charge in [-0.05, 0) is 37.3 Å². The van der Waals surface area contributed by atoms with Crippen molar-refractivity contribution in [1.82, 2.24) is 0 Å². The molecule has 4 nitrogen and oxygen atoms in total. The number of carbonyl (C=O) groups excluding carboxylic acids is 2. The van der Waals surface area contributed by atoms with E-state index in [1.807, 2.05) is 13.0 Å². The number of hydrogen-bond donors (Lipinski definition) is 2. The second kappa shape index (κ2) is 6.02. The van der Waals surface area contributed by atoms with Gasteiger partial charge in [0.2, 0.25) is 5.91 Å². The van der Waals surface area contributed by atoms with Crippen molar-refractivity contribution < 1.29 is 9.59 Å². The first-order valence-electron chi connectivity index (χ1n) is 6.72. The van der Waals surface area contributed by atoms with Crippen LogP contribution >= 0.6 is 23.4 Å². The van der Waals surface area contributed by atoms with Crippen molar-refractivity contribution in [3.05, 3.63) is 53.1 Å². The van der Waals surface area contributed by atoms with E-state index in [9.17, 15) is 9.59 Å². The maximum atomic E-state index is 12.3. The summed E-state index contributed by atoms with van der Waals surface area (Å²) in [5.74, 6) is -0.324. The fourth-order valence-corrected chi connectivity index (χ4v) is 3.22. The molecule has 112 valence electrons. The second-order valence-corrected chi connectivity index (χ2v) is 6.68. The first-order valence-corrected chi connectivity index (χ1v) is 7.98. The lowest BCUT2D eigenvalue weighted by Crippen LogP contribution is -2.26. The molecule has 22 heavy (non-hydrogen) atoms. The first kappa shape index (κ1) is 14.9. The van der Waals surface area contributed by atoms with Gasteiger partial charge in [0.15, 0.2) is 0 Å². The Bertz CT molecular complexity index is 764. The second-order valence-electron chi connectivity index (χ2n) is 4.89. The van der Waals surface area contributed by atoms with E-state index in [1.165, 1.54) is 11.8 Å². The van der Waals surface area contributed by atoms with Gasteiger partial charge in [-0.3, -0.25) is 9.59 Å². The number of benzene rings is 2. The van der Waals surface area contributed by atoms with E-state index >= 15 is 0 Å². The molecular formula is C16H13ClN2O2S. The third-order valence-electron chi connectivity index (χ3n) is 3.29. The van der Waals surface area contributed by atoms with Crippen molar-refractivity contribution in [1.29, 1.82) is 0 Å². The summed E-state index contributed by atoms with van der Waals surface area (Å²) < 4.78 is 0. The van der Waals surface area contributed by atoms with E-state index in [0.717, 1.165) is 4.90 Å². The molecule has 1 aliphatic rings. The Kier molecular flexibility index (Phi) is 4.09. The van der Waals surface area contributed by atoms with Gasteiger partial charge in [0, 0.05) is 10.5 Å². The quantitative estimate of drug-likeness (QED) is 0.873. The molecule has 0 saturated carbocycles. The molecule has 1 heterocycles. The van der Waals surface area contributed by atoms with Gasteiger partial charge in [-0.25, -0.2) is 0 Å². The standard InChI is InChI=1S/C16H13ClN2O2S/c1-9-15(20)19-13-8-10(6-7-14(13)22-9)16(21)18-12-5-3-2-4-11(12)17/h2-9H,1H3,(H,18,21)(H,19,20). The normalized spacial score (nSPS) is 16.6. The molecule has 6 heteroatoms.